The Bertz CT molecular complexity index is 586. The van der Waals surface area contributed by atoms with E-state index in [1.54, 1.807) is 12.1 Å². The molecule has 0 amide bonds. The molecule has 4 heteroatoms. The van der Waals surface area contributed by atoms with Crippen LogP contribution in [0.3, 0.4) is 0 Å². The minimum absolute atomic E-state index is 0.0251. The first-order valence-corrected chi connectivity index (χ1v) is 6.54. The number of rotatable bonds is 5. The molecule has 1 saturated carbocycles. The van der Waals surface area contributed by atoms with E-state index in [1.165, 1.54) is 12.8 Å². The van der Waals surface area contributed by atoms with Gasteiger partial charge in [0.05, 0.1) is 11.6 Å². The SMILES string of the molecule is O=C(CNCC1CC1)c1cc2cccc(Cl)c2o1. The number of para-hydroxylation sites is 1. The number of halogens is 1. The van der Waals surface area contributed by atoms with Gasteiger partial charge < -0.3 is 9.73 Å². The van der Waals surface area contributed by atoms with E-state index in [1.807, 2.05) is 12.1 Å². The van der Waals surface area contributed by atoms with Crippen molar-refractivity contribution in [2.75, 3.05) is 13.1 Å². The summed E-state index contributed by atoms with van der Waals surface area (Å²) in [5.41, 5.74) is 0.588. The van der Waals surface area contributed by atoms with E-state index in [-0.39, 0.29) is 5.78 Å². The maximum Gasteiger partial charge on any atom is 0.211 e. The number of fused-ring (bicyclic) bond motifs is 1. The van der Waals surface area contributed by atoms with Crippen molar-refractivity contribution in [1.82, 2.24) is 5.32 Å². The van der Waals surface area contributed by atoms with Gasteiger partial charge in [0.1, 0.15) is 0 Å². The summed E-state index contributed by atoms with van der Waals surface area (Å²) in [5.74, 6) is 1.12. The third-order valence-corrected chi connectivity index (χ3v) is 3.48. The summed E-state index contributed by atoms with van der Waals surface area (Å²) in [4.78, 5) is 11.9. The minimum atomic E-state index is -0.0251. The summed E-state index contributed by atoms with van der Waals surface area (Å²) in [6.45, 7) is 1.25. The van der Waals surface area contributed by atoms with Crippen LogP contribution in [-0.4, -0.2) is 18.9 Å². The number of benzene rings is 1. The predicted molar refractivity (Wildman–Crippen MR) is 71.1 cm³/mol. The van der Waals surface area contributed by atoms with Crippen LogP contribution in [0.5, 0.6) is 0 Å². The van der Waals surface area contributed by atoms with Gasteiger partial charge in [-0.05, 0) is 37.4 Å². The smallest absolute Gasteiger partial charge is 0.211 e. The van der Waals surface area contributed by atoms with Gasteiger partial charge in [-0.3, -0.25) is 4.79 Å². The van der Waals surface area contributed by atoms with Crippen LogP contribution < -0.4 is 5.32 Å². The summed E-state index contributed by atoms with van der Waals surface area (Å²) >= 11 is 6.01. The van der Waals surface area contributed by atoms with E-state index >= 15 is 0 Å². The molecule has 0 unspecified atom stereocenters. The second-order valence-corrected chi connectivity index (χ2v) is 5.17. The molecular formula is C14H14ClNO2. The molecule has 3 nitrogen and oxygen atoms in total. The number of furan rings is 1. The standard InChI is InChI=1S/C14H14ClNO2/c15-11-3-1-2-10-6-13(18-14(10)11)12(17)8-16-7-9-4-5-9/h1-3,6,9,16H,4-5,7-8H2. The molecule has 3 rings (SSSR count). The summed E-state index contributed by atoms with van der Waals surface area (Å²) in [7, 11) is 0. The molecule has 18 heavy (non-hydrogen) atoms. The average Bonchev–Trinajstić information content (AvgIpc) is 3.06. The normalized spacial score (nSPS) is 15.2. The Balaban J connectivity index is 1.72. The first kappa shape index (κ1) is 11.8. The molecule has 1 aliphatic carbocycles. The van der Waals surface area contributed by atoms with Crippen LogP contribution >= 0.6 is 11.6 Å². The minimum Gasteiger partial charge on any atom is -0.451 e. The molecule has 1 aromatic heterocycles. The number of hydrogen-bond acceptors (Lipinski definition) is 3. The molecule has 1 aliphatic rings. The molecule has 0 radical (unpaired) electrons. The monoisotopic (exact) mass is 263 g/mol. The van der Waals surface area contributed by atoms with E-state index in [9.17, 15) is 4.79 Å². The highest BCUT2D eigenvalue weighted by Gasteiger charge is 2.21. The summed E-state index contributed by atoms with van der Waals surface area (Å²) in [5, 5.41) is 4.57. The fraction of sp³-hybridized carbons (Fsp3) is 0.357. The van der Waals surface area contributed by atoms with Gasteiger partial charge in [-0.25, -0.2) is 0 Å². The van der Waals surface area contributed by atoms with E-state index in [4.69, 9.17) is 16.0 Å². The second kappa shape index (κ2) is 4.75. The maximum absolute atomic E-state index is 11.9. The van der Waals surface area contributed by atoms with Gasteiger partial charge >= 0.3 is 0 Å². The van der Waals surface area contributed by atoms with E-state index in [2.05, 4.69) is 5.32 Å². The highest BCUT2D eigenvalue weighted by molar-refractivity contribution is 6.34. The van der Waals surface area contributed by atoms with Gasteiger partial charge in [-0.1, -0.05) is 23.7 Å². The molecule has 0 atom stereocenters. The van der Waals surface area contributed by atoms with Crippen molar-refractivity contribution >= 4 is 28.4 Å². The lowest BCUT2D eigenvalue weighted by Gasteiger charge is -2.00. The third kappa shape index (κ3) is 2.42. The Morgan fingerprint density at radius 1 is 1.44 bits per heavy atom. The number of carbonyl (C=O) groups excluding carboxylic acids is 1. The van der Waals surface area contributed by atoms with Gasteiger partial charge in [0.25, 0.3) is 0 Å². The molecular weight excluding hydrogens is 250 g/mol. The molecule has 0 saturated heterocycles. The number of ketones is 1. The fourth-order valence-corrected chi connectivity index (χ4v) is 2.18. The van der Waals surface area contributed by atoms with Crippen LogP contribution in [0.15, 0.2) is 28.7 Å². The molecule has 1 N–H and O–H groups in total. The van der Waals surface area contributed by atoms with Crippen molar-refractivity contribution in [2.45, 2.75) is 12.8 Å². The van der Waals surface area contributed by atoms with Crippen molar-refractivity contribution < 1.29 is 9.21 Å². The third-order valence-electron chi connectivity index (χ3n) is 3.19. The highest BCUT2D eigenvalue weighted by atomic mass is 35.5. The largest absolute Gasteiger partial charge is 0.451 e. The molecule has 0 aliphatic heterocycles. The Hall–Kier alpha value is -1.32. The molecule has 1 fully saturated rings. The van der Waals surface area contributed by atoms with Crippen molar-refractivity contribution in [3.8, 4) is 0 Å². The van der Waals surface area contributed by atoms with Crippen molar-refractivity contribution in [1.29, 1.82) is 0 Å². The van der Waals surface area contributed by atoms with Crippen molar-refractivity contribution in [2.24, 2.45) is 5.92 Å². The van der Waals surface area contributed by atoms with Crippen LogP contribution in [0, 0.1) is 5.92 Å². The van der Waals surface area contributed by atoms with Crippen molar-refractivity contribution in [3.63, 3.8) is 0 Å². The molecule has 1 heterocycles. The first-order valence-electron chi connectivity index (χ1n) is 6.16. The molecule has 1 aromatic carbocycles. The number of carbonyl (C=O) groups is 1. The average molecular weight is 264 g/mol. The zero-order valence-electron chi connectivity index (χ0n) is 9.91. The predicted octanol–water partition coefficient (Wildman–Crippen LogP) is 3.27. The summed E-state index contributed by atoms with van der Waals surface area (Å²) in [6, 6.07) is 7.24. The quantitative estimate of drug-likeness (QED) is 0.842. The van der Waals surface area contributed by atoms with Gasteiger partial charge in [0.2, 0.25) is 5.78 Å². The van der Waals surface area contributed by atoms with Crippen LogP contribution in [0.2, 0.25) is 5.02 Å². The maximum atomic E-state index is 11.9. The van der Waals surface area contributed by atoms with E-state index in [0.29, 0.717) is 22.9 Å². The van der Waals surface area contributed by atoms with E-state index < -0.39 is 0 Å². The number of hydrogen-bond donors (Lipinski definition) is 1. The highest BCUT2D eigenvalue weighted by Crippen LogP contribution is 2.28. The van der Waals surface area contributed by atoms with Gasteiger partial charge in [-0.15, -0.1) is 0 Å². The fourth-order valence-electron chi connectivity index (χ4n) is 1.96. The van der Waals surface area contributed by atoms with Gasteiger partial charge in [0.15, 0.2) is 11.3 Å². The molecule has 94 valence electrons. The number of nitrogens with one attached hydrogen (secondary N) is 1. The topological polar surface area (TPSA) is 42.2 Å². The zero-order valence-corrected chi connectivity index (χ0v) is 10.7. The summed E-state index contributed by atoms with van der Waals surface area (Å²) in [6.07, 6.45) is 2.56. The van der Waals surface area contributed by atoms with E-state index in [0.717, 1.165) is 17.8 Å². The lowest BCUT2D eigenvalue weighted by Crippen LogP contribution is -2.24. The van der Waals surface area contributed by atoms with Crippen LogP contribution in [0.1, 0.15) is 23.4 Å². The lowest BCUT2D eigenvalue weighted by molar-refractivity contribution is 0.0966. The zero-order chi connectivity index (χ0) is 12.5. The first-order chi connectivity index (χ1) is 8.74. The van der Waals surface area contributed by atoms with Gasteiger partial charge in [-0.2, -0.15) is 0 Å². The Morgan fingerprint density at radius 3 is 3.00 bits per heavy atom. The van der Waals surface area contributed by atoms with Crippen molar-refractivity contribution in [3.05, 3.63) is 35.0 Å². The molecule has 0 spiro atoms. The Labute approximate surface area is 110 Å². The second-order valence-electron chi connectivity index (χ2n) is 4.77. The number of Topliss-reactive ketones (excluding diaryl/α,β-unsaturated/α-hetero) is 1. The molecule has 2 aromatic rings. The Kier molecular flexibility index (Phi) is 3.10. The van der Waals surface area contributed by atoms with Gasteiger partial charge in [0, 0.05) is 5.39 Å². The van der Waals surface area contributed by atoms with Crippen LogP contribution in [-0.2, 0) is 0 Å². The lowest BCUT2D eigenvalue weighted by atomic mass is 10.2. The molecule has 0 bridgehead atoms. The summed E-state index contributed by atoms with van der Waals surface area (Å²) < 4.78 is 5.51. The van der Waals surface area contributed by atoms with Crippen LogP contribution in [0.4, 0.5) is 0 Å². The van der Waals surface area contributed by atoms with Crippen LogP contribution in [0.25, 0.3) is 11.0 Å². The Morgan fingerprint density at radius 2 is 2.28 bits per heavy atom.